The van der Waals surface area contributed by atoms with E-state index >= 15 is 0 Å². The van der Waals surface area contributed by atoms with Gasteiger partial charge in [-0.05, 0) is 0 Å². The summed E-state index contributed by atoms with van der Waals surface area (Å²) in [4.78, 5) is 0. The van der Waals surface area contributed by atoms with Gasteiger partial charge in [0, 0.05) is 0 Å². The summed E-state index contributed by atoms with van der Waals surface area (Å²) in [5.74, 6) is 0. The average Bonchev–Trinajstić information content (AvgIpc) is 1.41. The molecule has 0 fully saturated rings. The topological polar surface area (TPSA) is 0 Å². The van der Waals surface area contributed by atoms with E-state index < -0.39 is 0 Å². The van der Waals surface area contributed by atoms with Crippen molar-refractivity contribution >= 4 is 17.7 Å². The van der Waals surface area contributed by atoms with Gasteiger partial charge in [-0.3, -0.25) is 0 Å². The molecular weight excluding hydrogens is 56.1 g/mol. The summed E-state index contributed by atoms with van der Waals surface area (Å²) in [6.07, 6.45) is 2.73. The third-order valence-electron chi connectivity index (χ3n) is 0.707. The molecule has 0 aliphatic carbocycles. The van der Waals surface area contributed by atoms with Gasteiger partial charge in [-0.15, -0.1) is 0 Å². The Bertz CT molecular complexity index is 11.1. The summed E-state index contributed by atoms with van der Waals surface area (Å²) in [5, 5.41) is 1.34. The minimum absolute atomic E-state index is 1.34. The van der Waals surface area contributed by atoms with Crippen LogP contribution in [0.4, 0.5) is 0 Å². The second-order valence-corrected chi connectivity index (χ2v) is 1.35. The van der Waals surface area contributed by atoms with Gasteiger partial charge in [0.15, 0.2) is 0 Å². The van der Waals surface area contributed by atoms with Crippen LogP contribution in [-0.2, 0) is 0 Å². The van der Waals surface area contributed by atoms with Crippen molar-refractivity contribution < 1.29 is 0 Å². The number of rotatable bonds is 2. The predicted molar refractivity (Wildman–Crippen MR) is 25.5 cm³/mol. The van der Waals surface area contributed by atoms with E-state index in [-0.39, 0.29) is 0 Å². The molecule has 5 heavy (non-hydrogen) atoms. The van der Waals surface area contributed by atoms with Crippen LogP contribution in [0.3, 0.4) is 0 Å². The van der Waals surface area contributed by atoms with Crippen molar-refractivity contribution in [1.29, 1.82) is 0 Å². The van der Waals surface area contributed by atoms with Crippen LogP contribution in [0.25, 0.3) is 0 Å². The van der Waals surface area contributed by atoms with Crippen molar-refractivity contribution in [1.82, 2.24) is 0 Å². The van der Waals surface area contributed by atoms with Gasteiger partial charge in [0.1, 0.15) is 0 Å². The average molecular weight is 65.1 g/mol. The van der Waals surface area contributed by atoms with Crippen molar-refractivity contribution in [3.63, 3.8) is 0 Å². The van der Waals surface area contributed by atoms with Gasteiger partial charge in [-0.2, -0.15) is 0 Å². The Labute approximate surface area is 43.2 Å². The maximum absolute atomic E-state index is 2.21. The van der Waals surface area contributed by atoms with Gasteiger partial charge in [0.25, 0.3) is 0 Å². The molecular formula is C4H9Li. The van der Waals surface area contributed by atoms with Gasteiger partial charge in [0.2, 0.25) is 0 Å². The van der Waals surface area contributed by atoms with Gasteiger partial charge in [-0.25, -0.2) is 0 Å². The zero-order valence-corrected chi connectivity index (χ0v) is 4.12. The SMILES string of the molecule is [8Li][CH2]CCC. The molecule has 0 aliphatic heterocycles. The second-order valence-electron chi connectivity index (χ2n) is 1.35. The molecule has 0 heterocycles. The van der Waals surface area contributed by atoms with Gasteiger partial charge < -0.3 is 0 Å². The first-order chi connectivity index (χ1) is 2.41. The first kappa shape index (κ1) is 5.60. The number of hydrogen-bond donors (Lipinski definition) is 0. The molecule has 0 saturated carbocycles. The Morgan fingerprint density at radius 2 is 2.20 bits per heavy atom. The van der Waals surface area contributed by atoms with Crippen LogP contribution in [0, 0.1) is 0 Å². The summed E-state index contributed by atoms with van der Waals surface area (Å²) in [6.45, 7) is 2.21. The molecule has 0 aliphatic rings. The van der Waals surface area contributed by atoms with E-state index in [1.807, 2.05) is 0 Å². The molecule has 0 nitrogen and oxygen atoms in total. The second kappa shape index (κ2) is 4.60. The normalized spacial score (nSPS) is 8.60. The van der Waals surface area contributed by atoms with Crippen LogP contribution >= 0.6 is 0 Å². The van der Waals surface area contributed by atoms with Crippen molar-refractivity contribution in [3.8, 4) is 0 Å². The molecule has 0 N–H and O–H groups in total. The molecule has 0 amide bonds. The quantitative estimate of drug-likeness (QED) is 0.426. The Hall–Kier alpha value is 0.597. The summed E-state index contributed by atoms with van der Waals surface area (Å²) >= 11 is 2.21. The summed E-state index contributed by atoms with van der Waals surface area (Å²) < 4.78 is 0. The van der Waals surface area contributed by atoms with Crippen LogP contribution in [0.15, 0.2) is 0 Å². The number of unbranched alkanes of at least 4 members (excludes halogenated alkanes) is 1. The van der Waals surface area contributed by atoms with Crippen LogP contribution in [-0.4, -0.2) is 17.7 Å². The van der Waals surface area contributed by atoms with E-state index in [1.165, 1.54) is 17.9 Å². The zero-order valence-electron chi connectivity index (χ0n) is 4.12. The fourth-order valence-electron chi connectivity index (χ4n) is 0.354. The fraction of sp³-hybridized carbons (Fsp3) is 1.00. The molecule has 1 heteroatoms. The van der Waals surface area contributed by atoms with Gasteiger partial charge >= 0.3 is 42.6 Å². The monoisotopic (exact) mass is 65.1 g/mol. The molecule has 0 spiro atoms. The summed E-state index contributed by atoms with van der Waals surface area (Å²) in [6, 6.07) is 0. The van der Waals surface area contributed by atoms with E-state index in [2.05, 4.69) is 24.6 Å². The molecule has 0 aromatic rings. The molecule has 0 atom stereocenters. The van der Waals surface area contributed by atoms with Crippen molar-refractivity contribution in [2.75, 3.05) is 0 Å². The molecule has 26 valence electrons. The van der Waals surface area contributed by atoms with Gasteiger partial charge in [0.05, 0.1) is 0 Å². The maximum atomic E-state index is 2.21. The van der Waals surface area contributed by atoms with Crippen LogP contribution in [0.2, 0.25) is 5.09 Å². The third kappa shape index (κ3) is 4.60. The number of hydrogen-bond acceptors (Lipinski definition) is 0. The van der Waals surface area contributed by atoms with Crippen LogP contribution < -0.4 is 0 Å². The Kier molecular flexibility index (Phi) is 5.15. The molecule has 0 aromatic carbocycles. The summed E-state index contributed by atoms with van der Waals surface area (Å²) in [7, 11) is 0. The molecule has 0 rings (SSSR count). The van der Waals surface area contributed by atoms with E-state index in [0.717, 1.165) is 0 Å². The van der Waals surface area contributed by atoms with Crippen LogP contribution in [0.5, 0.6) is 0 Å². The van der Waals surface area contributed by atoms with Crippen molar-refractivity contribution in [2.45, 2.75) is 24.9 Å². The van der Waals surface area contributed by atoms with E-state index in [9.17, 15) is 0 Å². The molecule has 0 unspecified atom stereocenters. The third-order valence-corrected chi connectivity index (χ3v) is 0.707. The van der Waals surface area contributed by atoms with Crippen LogP contribution in [0.1, 0.15) is 19.8 Å². The first-order valence-corrected chi connectivity index (χ1v) is 2.41. The first-order valence-electron chi connectivity index (χ1n) is 2.41. The zero-order chi connectivity index (χ0) is 4.12. The fourth-order valence-corrected chi connectivity index (χ4v) is 0.354. The summed E-state index contributed by atoms with van der Waals surface area (Å²) in [5.41, 5.74) is 0. The molecule has 0 radical (unpaired) electrons. The van der Waals surface area contributed by atoms with E-state index in [1.54, 1.807) is 0 Å². The predicted octanol–water partition coefficient (Wildman–Crippen LogP) is 1.37. The molecule has 0 bridgehead atoms. The molecule has 0 aromatic heterocycles. The van der Waals surface area contributed by atoms with E-state index in [4.69, 9.17) is 0 Å². The standard InChI is InChI=1S/C4H9.Li/c1-3-4-2;/h1,3-4H2,2H3;/i;1+1. The van der Waals surface area contributed by atoms with Crippen molar-refractivity contribution in [2.24, 2.45) is 0 Å². The van der Waals surface area contributed by atoms with E-state index in [0.29, 0.717) is 0 Å². The van der Waals surface area contributed by atoms with Crippen molar-refractivity contribution in [3.05, 3.63) is 0 Å². The van der Waals surface area contributed by atoms with Gasteiger partial charge in [-0.1, -0.05) is 0 Å². The Morgan fingerprint density at radius 1 is 1.60 bits per heavy atom. The molecule has 0 saturated heterocycles. The minimum atomic E-state index is 1.34. The Balaban J connectivity index is 2.19. The Morgan fingerprint density at radius 3 is 2.20 bits per heavy atom.